The third-order valence-electron chi connectivity index (χ3n) is 3.47. The fourth-order valence-electron chi connectivity index (χ4n) is 2.37. The lowest BCUT2D eigenvalue weighted by Crippen LogP contribution is -2.45. The molecule has 1 aromatic carbocycles. The first-order valence-electron chi connectivity index (χ1n) is 7.25. The molecule has 0 aliphatic heterocycles. The van der Waals surface area contributed by atoms with Crippen molar-refractivity contribution in [3.63, 3.8) is 0 Å². The van der Waals surface area contributed by atoms with E-state index in [2.05, 4.69) is 10.6 Å². The Balaban J connectivity index is 1.78. The normalized spacial score (nSPS) is 15.3. The summed E-state index contributed by atoms with van der Waals surface area (Å²) in [4.78, 5) is 23.1. The van der Waals surface area contributed by atoms with Crippen LogP contribution in [0.25, 0.3) is 0 Å². The van der Waals surface area contributed by atoms with Gasteiger partial charge in [-0.15, -0.1) is 0 Å². The van der Waals surface area contributed by atoms with Crippen LogP contribution >= 0.6 is 0 Å². The van der Waals surface area contributed by atoms with Crippen molar-refractivity contribution in [2.24, 2.45) is 0 Å². The maximum Gasteiger partial charge on any atom is 0.416 e. The van der Waals surface area contributed by atoms with Crippen molar-refractivity contribution in [1.29, 1.82) is 0 Å². The van der Waals surface area contributed by atoms with E-state index < -0.39 is 30.3 Å². The average molecular weight is 330 g/mol. The number of ether oxygens (including phenoxy) is 1. The van der Waals surface area contributed by atoms with Crippen LogP contribution in [0.3, 0.4) is 0 Å². The van der Waals surface area contributed by atoms with Crippen molar-refractivity contribution in [1.82, 2.24) is 10.6 Å². The van der Waals surface area contributed by atoms with Crippen molar-refractivity contribution in [2.45, 2.75) is 37.9 Å². The molecule has 126 valence electrons. The van der Waals surface area contributed by atoms with Gasteiger partial charge in [0.1, 0.15) is 5.75 Å². The molecule has 23 heavy (non-hydrogen) atoms. The number of benzene rings is 1. The molecule has 1 fully saturated rings. The van der Waals surface area contributed by atoms with E-state index in [-0.39, 0.29) is 11.8 Å². The Morgan fingerprint density at radius 1 is 1.22 bits per heavy atom. The highest BCUT2D eigenvalue weighted by atomic mass is 19.4. The molecule has 0 heterocycles. The zero-order valence-electron chi connectivity index (χ0n) is 12.3. The van der Waals surface area contributed by atoms with E-state index >= 15 is 0 Å². The molecular formula is C15H17F3N2O3. The first-order chi connectivity index (χ1) is 10.8. The fraction of sp³-hybridized carbons (Fsp3) is 0.467. The second kappa shape index (κ2) is 7.34. The van der Waals surface area contributed by atoms with Gasteiger partial charge in [-0.05, 0) is 31.0 Å². The van der Waals surface area contributed by atoms with Gasteiger partial charge in [0.2, 0.25) is 0 Å². The second-order valence-corrected chi connectivity index (χ2v) is 5.32. The van der Waals surface area contributed by atoms with Gasteiger partial charge in [-0.1, -0.05) is 18.9 Å². The standard InChI is InChI=1S/C15H17F3N2O3/c16-15(17,18)10-4-3-7-12(8-10)23-9-13(21)20-14(22)19-11-5-1-2-6-11/h3-4,7-8,11H,1-2,5-6,9H2,(H2,19,20,21,22). The maximum absolute atomic E-state index is 12.5. The van der Waals surface area contributed by atoms with Crippen LogP contribution in [-0.2, 0) is 11.0 Å². The summed E-state index contributed by atoms with van der Waals surface area (Å²) in [5.41, 5.74) is -0.866. The molecule has 0 radical (unpaired) electrons. The summed E-state index contributed by atoms with van der Waals surface area (Å²) in [6.07, 6.45) is -0.650. The summed E-state index contributed by atoms with van der Waals surface area (Å²) in [7, 11) is 0. The van der Waals surface area contributed by atoms with Crippen LogP contribution < -0.4 is 15.4 Å². The van der Waals surface area contributed by atoms with Crippen LogP contribution in [0.5, 0.6) is 5.75 Å². The number of amides is 3. The van der Waals surface area contributed by atoms with E-state index in [0.717, 1.165) is 37.8 Å². The lowest BCUT2D eigenvalue weighted by molar-refractivity contribution is -0.137. The first kappa shape index (κ1) is 17.1. The van der Waals surface area contributed by atoms with E-state index in [1.165, 1.54) is 12.1 Å². The summed E-state index contributed by atoms with van der Waals surface area (Å²) < 4.78 is 42.6. The number of rotatable bonds is 4. The fourth-order valence-corrected chi connectivity index (χ4v) is 2.37. The predicted molar refractivity (Wildman–Crippen MR) is 75.9 cm³/mol. The van der Waals surface area contributed by atoms with Gasteiger partial charge in [0.25, 0.3) is 5.91 Å². The van der Waals surface area contributed by atoms with Gasteiger partial charge >= 0.3 is 12.2 Å². The van der Waals surface area contributed by atoms with Crippen molar-refractivity contribution >= 4 is 11.9 Å². The number of hydrogen-bond donors (Lipinski definition) is 2. The maximum atomic E-state index is 12.5. The summed E-state index contributed by atoms with van der Waals surface area (Å²) in [5.74, 6) is -0.816. The van der Waals surface area contributed by atoms with Crippen LogP contribution in [0.1, 0.15) is 31.2 Å². The zero-order chi connectivity index (χ0) is 16.9. The van der Waals surface area contributed by atoms with Crippen LogP contribution in [0.4, 0.5) is 18.0 Å². The zero-order valence-corrected chi connectivity index (χ0v) is 12.3. The molecule has 1 aliphatic rings. The number of hydrogen-bond acceptors (Lipinski definition) is 3. The molecule has 0 bridgehead atoms. The lowest BCUT2D eigenvalue weighted by Gasteiger charge is -2.13. The molecule has 1 saturated carbocycles. The summed E-state index contributed by atoms with van der Waals surface area (Å²) in [6, 6.07) is 3.64. The molecule has 1 aliphatic carbocycles. The topological polar surface area (TPSA) is 67.4 Å². The van der Waals surface area contributed by atoms with Crippen LogP contribution in [0.15, 0.2) is 24.3 Å². The van der Waals surface area contributed by atoms with Gasteiger partial charge in [-0.2, -0.15) is 13.2 Å². The van der Waals surface area contributed by atoms with Gasteiger partial charge in [-0.25, -0.2) is 4.79 Å². The third kappa shape index (κ3) is 5.46. The molecule has 0 spiro atoms. The van der Waals surface area contributed by atoms with Crippen molar-refractivity contribution in [3.05, 3.63) is 29.8 Å². The van der Waals surface area contributed by atoms with Gasteiger partial charge in [0, 0.05) is 6.04 Å². The average Bonchev–Trinajstić information content (AvgIpc) is 2.97. The molecule has 8 heteroatoms. The number of imide groups is 1. The Bertz CT molecular complexity index is 569. The number of carbonyl (C=O) groups excluding carboxylic acids is 2. The van der Waals surface area contributed by atoms with E-state index in [0.29, 0.717) is 0 Å². The van der Waals surface area contributed by atoms with E-state index in [4.69, 9.17) is 4.74 Å². The van der Waals surface area contributed by atoms with E-state index in [1.807, 2.05) is 0 Å². The van der Waals surface area contributed by atoms with E-state index in [1.54, 1.807) is 0 Å². The van der Waals surface area contributed by atoms with Gasteiger partial charge in [0.05, 0.1) is 5.56 Å². The van der Waals surface area contributed by atoms with Gasteiger partial charge in [0.15, 0.2) is 6.61 Å². The minimum absolute atomic E-state index is 0.0622. The minimum Gasteiger partial charge on any atom is -0.484 e. The predicted octanol–water partition coefficient (Wildman–Crippen LogP) is 2.85. The molecule has 2 N–H and O–H groups in total. The third-order valence-corrected chi connectivity index (χ3v) is 3.47. The molecule has 2 rings (SSSR count). The minimum atomic E-state index is -4.48. The molecule has 0 atom stereocenters. The van der Waals surface area contributed by atoms with E-state index in [9.17, 15) is 22.8 Å². The summed E-state index contributed by atoms with van der Waals surface area (Å²) in [6.45, 7) is -0.542. The smallest absolute Gasteiger partial charge is 0.416 e. The van der Waals surface area contributed by atoms with Crippen molar-refractivity contribution < 1.29 is 27.5 Å². The summed E-state index contributed by atoms with van der Waals surface area (Å²) >= 11 is 0. The largest absolute Gasteiger partial charge is 0.484 e. The molecule has 0 saturated heterocycles. The Morgan fingerprint density at radius 3 is 2.57 bits per heavy atom. The van der Waals surface area contributed by atoms with Crippen molar-refractivity contribution in [2.75, 3.05) is 6.61 Å². The molecule has 3 amide bonds. The molecule has 0 aromatic heterocycles. The molecule has 5 nitrogen and oxygen atoms in total. The monoisotopic (exact) mass is 330 g/mol. The molecule has 0 unspecified atom stereocenters. The first-order valence-corrected chi connectivity index (χ1v) is 7.25. The van der Waals surface area contributed by atoms with Crippen molar-refractivity contribution in [3.8, 4) is 5.75 Å². The number of alkyl halides is 3. The number of urea groups is 1. The Kier molecular flexibility index (Phi) is 5.46. The SMILES string of the molecule is O=C(COc1cccc(C(F)(F)F)c1)NC(=O)NC1CCCC1. The molecular weight excluding hydrogens is 313 g/mol. The summed E-state index contributed by atoms with van der Waals surface area (Å²) in [5, 5.41) is 4.75. The Labute approximate surface area is 131 Å². The Hall–Kier alpha value is -2.25. The van der Waals surface area contributed by atoms with Crippen LogP contribution in [0.2, 0.25) is 0 Å². The number of carbonyl (C=O) groups is 2. The highest BCUT2D eigenvalue weighted by Crippen LogP contribution is 2.31. The second-order valence-electron chi connectivity index (χ2n) is 5.32. The van der Waals surface area contributed by atoms with Gasteiger partial charge < -0.3 is 10.1 Å². The van der Waals surface area contributed by atoms with Crippen LogP contribution in [0, 0.1) is 0 Å². The number of halogens is 3. The lowest BCUT2D eigenvalue weighted by atomic mass is 10.2. The highest BCUT2D eigenvalue weighted by molar-refractivity contribution is 5.95. The van der Waals surface area contributed by atoms with Crippen LogP contribution in [-0.4, -0.2) is 24.6 Å². The quantitative estimate of drug-likeness (QED) is 0.892. The molecule has 1 aromatic rings. The Morgan fingerprint density at radius 2 is 1.91 bits per heavy atom. The number of nitrogens with one attached hydrogen (secondary N) is 2. The van der Waals surface area contributed by atoms with Gasteiger partial charge in [-0.3, -0.25) is 10.1 Å². The highest BCUT2D eigenvalue weighted by Gasteiger charge is 2.30.